The highest BCUT2D eigenvalue weighted by Crippen LogP contribution is 2.50. The fourth-order valence-corrected chi connectivity index (χ4v) is 3.46. The number of ether oxygens (including phenoxy) is 1. The standard InChI is InChI=1S/C21H22F3NO3/c1-3-15-10-12-16(13-11-15)7-6-14-28-20(21(22,23)24)18-9-5-4-8-17(18)19(26)25(20)27-2/h4-5,8-13H,3,6-7,14H2,1-2H3. The summed E-state index contributed by atoms with van der Waals surface area (Å²) in [5.74, 6) is -0.870. The van der Waals surface area contributed by atoms with E-state index in [1.165, 1.54) is 29.8 Å². The lowest BCUT2D eigenvalue weighted by Crippen LogP contribution is -2.55. The first-order chi connectivity index (χ1) is 13.3. The zero-order valence-electron chi connectivity index (χ0n) is 15.8. The van der Waals surface area contributed by atoms with Gasteiger partial charge in [-0.1, -0.05) is 49.4 Å². The second-order valence-corrected chi connectivity index (χ2v) is 6.59. The van der Waals surface area contributed by atoms with Gasteiger partial charge in [-0.05, 0) is 36.5 Å². The molecule has 0 spiro atoms. The lowest BCUT2D eigenvalue weighted by Gasteiger charge is -2.38. The summed E-state index contributed by atoms with van der Waals surface area (Å²) in [7, 11) is 1.03. The Labute approximate surface area is 161 Å². The maximum Gasteiger partial charge on any atom is 0.443 e. The first-order valence-electron chi connectivity index (χ1n) is 9.11. The molecule has 0 radical (unpaired) electrons. The molecular weight excluding hydrogens is 371 g/mol. The molecule has 4 nitrogen and oxygen atoms in total. The van der Waals surface area contributed by atoms with Gasteiger partial charge in [0, 0.05) is 5.56 Å². The second-order valence-electron chi connectivity index (χ2n) is 6.59. The number of alkyl halides is 3. The maximum absolute atomic E-state index is 14.1. The SMILES string of the molecule is CCc1ccc(CCCOC2(C(F)(F)F)c3ccccc3C(=O)N2OC)cc1. The summed E-state index contributed by atoms with van der Waals surface area (Å²) in [5.41, 5.74) is -1.04. The molecule has 7 heteroatoms. The van der Waals surface area contributed by atoms with E-state index in [-0.39, 0.29) is 22.8 Å². The van der Waals surface area contributed by atoms with E-state index in [2.05, 4.69) is 6.92 Å². The van der Waals surface area contributed by atoms with Crippen molar-refractivity contribution in [2.24, 2.45) is 0 Å². The van der Waals surface area contributed by atoms with Crippen LogP contribution >= 0.6 is 0 Å². The Kier molecular flexibility index (Phi) is 5.76. The number of hydrogen-bond acceptors (Lipinski definition) is 3. The normalized spacial score (nSPS) is 19.2. The van der Waals surface area contributed by atoms with Crippen molar-refractivity contribution in [3.8, 4) is 0 Å². The molecule has 3 rings (SSSR count). The third-order valence-electron chi connectivity index (χ3n) is 4.91. The van der Waals surface area contributed by atoms with Gasteiger partial charge in [0.05, 0.1) is 19.3 Å². The van der Waals surface area contributed by atoms with Gasteiger partial charge >= 0.3 is 6.18 Å². The molecule has 1 unspecified atom stereocenters. The minimum atomic E-state index is -4.87. The summed E-state index contributed by atoms with van der Waals surface area (Å²) in [6.07, 6.45) is -3.00. The number of rotatable bonds is 7. The summed E-state index contributed by atoms with van der Waals surface area (Å²) in [5, 5.41) is 0.285. The molecule has 0 saturated carbocycles. The molecular formula is C21H22F3NO3. The minimum absolute atomic E-state index is 0.0724. The van der Waals surface area contributed by atoms with Crippen molar-refractivity contribution in [1.29, 1.82) is 0 Å². The van der Waals surface area contributed by atoms with Crippen LogP contribution in [0.2, 0.25) is 0 Å². The highest BCUT2D eigenvalue weighted by atomic mass is 19.4. The van der Waals surface area contributed by atoms with Crippen LogP contribution in [0.15, 0.2) is 48.5 Å². The van der Waals surface area contributed by atoms with E-state index in [1.807, 2.05) is 24.3 Å². The van der Waals surface area contributed by atoms with Crippen LogP contribution in [0.25, 0.3) is 0 Å². The highest BCUT2D eigenvalue weighted by molar-refractivity contribution is 5.99. The van der Waals surface area contributed by atoms with Crippen LogP contribution in [0.5, 0.6) is 0 Å². The summed E-state index contributed by atoms with van der Waals surface area (Å²) in [6, 6.07) is 13.5. The van der Waals surface area contributed by atoms with Crippen molar-refractivity contribution in [1.82, 2.24) is 5.06 Å². The zero-order valence-corrected chi connectivity index (χ0v) is 15.8. The Morgan fingerprint density at radius 1 is 1.04 bits per heavy atom. The Hall–Kier alpha value is -2.38. The number of amides is 1. The largest absolute Gasteiger partial charge is 0.443 e. The van der Waals surface area contributed by atoms with Gasteiger partial charge in [-0.15, -0.1) is 0 Å². The van der Waals surface area contributed by atoms with E-state index in [0.717, 1.165) is 19.1 Å². The predicted octanol–water partition coefficient (Wildman–Crippen LogP) is 4.63. The predicted molar refractivity (Wildman–Crippen MR) is 97.4 cm³/mol. The fourth-order valence-electron chi connectivity index (χ4n) is 3.46. The number of hydroxylamine groups is 2. The molecule has 2 aromatic rings. The maximum atomic E-state index is 14.1. The number of halogens is 3. The number of benzene rings is 2. The van der Waals surface area contributed by atoms with Crippen LogP contribution in [0.4, 0.5) is 13.2 Å². The smallest absolute Gasteiger partial charge is 0.342 e. The molecule has 0 bridgehead atoms. The molecule has 0 N–H and O–H groups in total. The number of hydrogen-bond donors (Lipinski definition) is 0. The molecule has 0 aliphatic carbocycles. The molecule has 150 valence electrons. The van der Waals surface area contributed by atoms with Crippen LogP contribution in [0.1, 0.15) is 40.4 Å². The van der Waals surface area contributed by atoms with E-state index >= 15 is 0 Å². The van der Waals surface area contributed by atoms with Crippen LogP contribution < -0.4 is 0 Å². The first-order valence-corrected chi connectivity index (χ1v) is 9.11. The van der Waals surface area contributed by atoms with E-state index < -0.39 is 17.8 Å². The molecule has 1 aliphatic rings. The third kappa shape index (κ3) is 3.40. The van der Waals surface area contributed by atoms with Gasteiger partial charge in [0.15, 0.2) is 0 Å². The quantitative estimate of drug-likeness (QED) is 0.644. The van der Waals surface area contributed by atoms with Crippen LogP contribution in [0, 0.1) is 0 Å². The molecule has 1 heterocycles. The number of carbonyl (C=O) groups excluding carboxylic acids is 1. The molecule has 0 aromatic heterocycles. The van der Waals surface area contributed by atoms with E-state index in [1.54, 1.807) is 0 Å². The van der Waals surface area contributed by atoms with Crippen molar-refractivity contribution in [2.75, 3.05) is 13.7 Å². The monoisotopic (exact) mass is 393 g/mol. The van der Waals surface area contributed by atoms with Crippen molar-refractivity contribution >= 4 is 5.91 Å². The number of carbonyl (C=O) groups is 1. The van der Waals surface area contributed by atoms with Crippen molar-refractivity contribution in [2.45, 2.75) is 38.1 Å². The summed E-state index contributed by atoms with van der Waals surface area (Å²) in [6.45, 7) is 1.87. The Balaban J connectivity index is 1.80. The molecule has 1 aliphatic heterocycles. The number of nitrogens with zero attached hydrogens (tertiary/aromatic N) is 1. The Morgan fingerprint density at radius 2 is 1.68 bits per heavy atom. The number of aryl methyl sites for hydroxylation is 2. The summed E-state index contributed by atoms with van der Waals surface area (Å²) in [4.78, 5) is 17.3. The average Bonchev–Trinajstić information content (AvgIpc) is 2.94. The van der Waals surface area contributed by atoms with E-state index in [4.69, 9.17) is 9.57 Å². The lowest BCUT2D eigenvalue weighted by atomic mass is 10.0. The summed E-state index contributed by atoms with van der Waals surface area (Å²) >= 11 is 0. The minimum Gasteiger partial charge on any atom is -0.342 e. The van der Waals surface area contributed by atoms with Gasteiger partial charge in [-0.25, -0.2) is 0 Å². The lowest BCUT2D eigenvalue weighted by molar-refractivity contribution is -0.383. The van der Waals surface area contributed by atoms with Gasteiger partial charge in [0.1, 0.15) is 0 Å². The average molecular weight is 393 g/mol. The topological polar surface area (TPSA) is 38.8 Å². The fraction of sp³-hybridized carbons (Fsp3) is 0.381. The zero-order chi connectivity index (χ0) is 20.4. The van der Waals surface area contributed by atoms with Gasteiger partial charge in [0.2, 0.25) is 0 Å². The third-order valence-corrected chi connectivity index (χ3v) is 4.91. The first kappa shape index (κ1) is 20.4. The molecule has 28 heavy (non-hydrogen) atoms. The Morgan fingerprint density at radius 3 is 2.29 bits per heavy atom. The van der Waals surface area contributed by atoms with Crippen molar-refractivity contribution < 1.29 is 27.5 Å². The second kappa shape index (κ2) is 7.93. The van der Waals surface area contributed by atoms with Gasteiger partial charge < -0.3 is 4.74 Å². The molecule has 0 saturated heterocycles. The van der Waals surface area contributed by atoms with Crippen molar-refractivity contribution in [3.05, 3.63) is 70.8 Å². The summed E-state index contributed by atoms with van der Waals surface area (Å²) < 4.78 is 47.8. The van der Waals surface area contributed by atoms with Crippen LogP contribution in [-0.4, -0.2) is 30.9 Å². The Bertz CT molecular complexity index is 836. The molecule has 1 atom stereocenters. The molecule has 2 aromatic carbocycles. The van der Waals surface area contributed by atoms with Gasteiger partial charge in [-0.2, -0.15) is 18.2 Å². The van der Waals surface area contributed by atoms with E-state index in [0.29, 0.717) is 12.8 Å². The molecule has 0 fully saturated rings. The highest BCUT2D eigenvalue weighted by Gasteiger charge is 2.68. The van der Waals surface area contributed by atoms with Gasteiger partial charge in [-0.3, -0.25) is 9.63 Å². The van der Waals surface area contributed by atoms with Crippen molar-refractivity contribution in [3.63, 3.8) is 0 Å². The number of fused-ring (bicyclic) bond motifs is 1. The van der Waals surface area contributed by atoms with Gasteiger partial charge in [0.25, 0.3) is 11.6 Å². The van der Waals surface area contributed by atoms with E-state index in [9.17, 15) is 18.0 Å². The molecule has 1 amide bonds. The van der Waals surface area contributed by atoms with Crippen LogP contribution in [-0.2, 0) is 28.1 Å². The van der Waals surface area contributed by atoms with Crippen LogP contribution in [0.3, 0.4) is 0 Å².